The lowest BCUT2D eigenvalue weighted by atomic mass is 10.2. The zero-order valence-electron chi connectivity index (χ0n) is 13.2. The topological polar surface area (TPSA) is 36.3 Å². The first kappa shape index (κ1) is 16.4. The fraction of sp³-hybridized carbons (Fsp3) is 0.150. The quantitative estimate of drug-likeness (QED) is 0.552. The van der Waals surface area contributed by atoms with Gasteiger partial charge in [0, 0.05) is 12.7 Å². The van der Waals surface area contributed by atoms with Gasteiger partial charge in [-0.15, -0.1) is 0 Å². The Kier molecular flexibility index (Phi) is 6.49. The Morgan fingerprint density at radius 1 is 1.09 bits per heavy atom. The van der Waals surface area contributed by atoms with E-state index in [4.69, 9.17) is 4.74 Å². The monoisotopic (exact) mass is 304 g/mol. The summed E-state index contributed by atoms with van der Waals surface area (Å²) in [7, 11) is 1.89. The summed E-state index contributed by atoms with van der Waals surface area (Å²) >= 11 is 0. The van der Waals surface area contributed by atoms with E-state index in [1.54, 1.807) is 6.26 Å². The van der Waals surface area contributed by atoms with E-state index in [2.05, 4.69) is 6.07 Å². The number of hydrogen-bond acceptors (Lipinski definition) is 3. The smallest absolute Gasteiger partial charge is 0.117 e. The molecule has 0 fully saturated rings. The minimum absolute atomic E-state index is 0.552. The third-order valence-electron chi connectivity index (χ3n) is 3.35. The molecule has 0 aliphatic heterocycles. The van der Waals surface area contributed by atoms with Crippen LogP contribution in [0.4, 0.5) is 5.69 Å². The molecular weight excluding hydrogens is 284 g/mol. The maximum absolute atomic E-state index is 9.29. The molecule has 2 rings (SSSR count). The van der Waals surface area contributed by atoms with Gasteiger partial charge < -0.3 is 9.64 Å². The van der Waals surface area contributed by atoms with E-state index < -0.39 is 0 Å². The van der Waals surface area contributed by atoms with Crippen LogP contribution in [0.1, 0.15) is 12.0 Å². The number of para-hydroxylation sites is 1. The third kappa shape index (κ3) is 5.37. The second-order valence-electron chi connectivity index (χ2n) is 5.00. The van der Waals surface area contributed by atoms with E-state index in [1.165, 1.54) is 0 Å². The van der Waals surface area contributed by atoms with E-state index in [0.29, 0.717) is 18.7 Å². The SMILES string of the molecule is CN(/C(C#N)=C\C/C=C/OCc1ccccc1)c1ccccc1. The van der Waals surface area contributed by atoms with Crippen molar-refractivity contribution in [2.45, 2.75) is 13.0 Å². The number of anilines is 1. The molecule has 116 valence electrons. The maximum Gasteiger partial charge on any atom is 0.117 e. The standard InChI is InChI=1S/C20H20N2O/c1-22(19-12-6-3-7-13-19)20(16-21)14-8-9-15-23-17-18-10-4-2-5-11-18/h2-7,9-15H,8,17H2,1H3/b15-9+,20-14-. The highest BCUT2D eigenvalue weighted by Gasteiger charge is 2.04. The molecule has 3 nitrogen and oxygen atoms in total. The van der Waals surface area contributed by atoms with Crippen molar-refractivity contribution in [1.82, 2.24) is 0 Å². The molecule has 0 radical (unpaired) electrons. The van der Waals surface area contributed by atoms with Crippen molar-refractivity contribution in [1.29, 1.82) is 5.26 Å². The lowest BCUT2D eigenvalue weighted by molar-refractivity contribution is 0.235. The Morgan fingerprint density at radius 2 is 1.74 bits per heavy atom. The number of ether oxygens (including phenoxy) is 1. The number of nitrogens with zero attached hydrogens (tertiary/aromatic N) is 2. The molecule has 0 unspecified atom stereocenters. The average Bonchev–Trinajstić information content (AvgIpc) is 2.62. The molecule has 23 heavy (non-hydrogen) atoms. The fourth-order valence-corrected chi connectivity index (χ4v) is 2.07. The van der Waals surface area contributed by atoms with Crippen LogP contribution in [0.15, 0.2) is 84.8 Å². The van der Waals surface area contributed by atoms with Gasteiger partial charge in [-0.2, -0.15) is 5.26 Å². The van der Waals surface area contributed by atoms with Gasteiger partial charge in [0.2, 0.25) is 0 Å². The van der Waals surface area contributed by atoms with E-state index in [9.17, 15) is 5.26 Å². The Balaban J connectivity index is 1.83. The van der Waals surface area contributed by atoms with Gasteiger partial charge in [-0.25, -0.2) is 0 Å². The van der Waals surface area contributed by atoms with Crippen LogP contribution in [0.5, 0.6) is 0 Å². The average molecular weight is 304 g/mol. The van der Waals surface area contributed by atoms with Crippen LogP contribution in [0.3, 0.4) is 0 Å². The molecule has 0 N–H and O–H groups in total. The first-order valence-corrected chi connectivity index (χ1v) is 7.51. The predicted octanol–water partition coefficient (Wildman–Crippen LogP) is 4.65. The highest BCUT2D eigenvalue weighted by molar-refractivity contribution is 5.54. The van der Waals surface area contributed by atoms with Gasteiger partial charge in [-0.1, -0.05) is 48.5 Å². The summed E-state index contributed by atoms with van der Waals surface area (Å²) in [4.78, 5) is 1.87. The minimum Gasteiger partial charge on any atom is -0.497 e. The Bertz CT molecular complexity index is 685. The van der Waals surface area contributed by atoms with E-state index in [-0.39, 0.29) is 0 Å². The third-order valence-corrected chi connectivity index (χ3v) is 3.35. The molecule has 0 aliphatic carbocycles. The highest BCUT2D eigenvalue weighted by Crippen LogP contribution is 2.16. The molecule has 0 amide bonds. The zero-order chi connectivity index (χ0) is 16.3. The molecule has 0 bridgehead atoms. The molecule has 0 saturated carbocycles. The summed E-state index contributed by atoms with van der Waals surface area (Å²) in [5.41, 5.74) is 2.74. The maximum atomic E-state index is 9.29. The van der Waals surface area contributed by atoms with Crippen molar-refractivity contribution in [2.24, 2.45) is 0 Å². The van der Waals surface area contributed by atoms with Gasteiger partial charge in [-0.05, 0) is 36.3 Å². The van der Waals surface area contributed by atoms with Gasteiger partial charge >= 0.3 is 0 Å². The van der Waals surface area contributed by atoms with Crippen LogP contribution < -0.4 is 4.90 Å². The van der Waals surface area contributed by atoms with E-state index in [1.807, 2.05) is 84.8 Å². The second kappa shape index (κ2) is 9.11. The molecule has 0 atom stereocenters. The molecule has 2 aromatic rings. The van der Waals surface area contributed by atoms with Crippen LogP contribution in [0.2, 0.25) is 0 Å². The van der Waals surface area contributed by atoms with Gasteiger partial charge in [0.1, 0.15) is 18.4 Å². The summed E-state index contributed by atoms with van der Waals surface area (Å²) in [5, 5.41) is 9.29. The summed E-state index contributed by atoms with van der Waals surface area (Å²) in [5.74, 6) is 0. The predicted molar refractivity (Wildman–Crippen MR) is 93.5 cm³/mol. The van der Waals surface area contributed by atoms with E-state index in [0.717, 1.165) is 11.3 Å². The van der Waals surface area contributed by atoms with Gasteiger partial charge in [-0.3, -0.25) is 0 Å². The highest BCUT2D eigenvalue weighted by atomic mass is 16.5. The molecule has 0 heterocycles. The van der Waals surface area contributed by atoms with Crippen molar-refractivity contribution < 1.29 is 4.74 Å². The summed E-state index contributed by atoms with van der Waals surface area (Å²) in [6, 6.07) is 22.1. The summed E-state index contributed by atoms with van der Waals surface area (Å²) < 4.78 is 5.47. The number of hydrogen-bond donors (Lipinski definition) is 0. The molecule has 2 aromatic carbocycles. The van der Waals surface area contributed by atoms with Gasteiger partial charge in [0.05, 0.1) is 6.26 Å². The minimum atomic E-state index is 0.552. The van der Waals surface area contributed by atoms with Gasteiger partial charge in [0.25, 0.3) is 0 Å². The molecule has 3 heteroatoms. The largest absolute Gasteiger partial charge is 0.497 e. The normalized spacial score (nSPS) is 11.2. The summed E-state index contributed by atoms with van der Waals surface area (Å²) in [6.45, 7) is 0.552. The Hall–Kier alpha value is -2.99. The Labute approximate surface area is 137 Å². The summed E-state index contributed by atoms with van der Waals surface area (Å²) in [6.07, 6.45) is 6.12. The van der Waals surface area contributed by atoms with Crippen LogP contribution in [-0.4, -0.2) is 7.05 Å². The van der Waals surface area contributed by atoms with Crippen LogP contribution in [0, 0.1) is 11.3 Å². The fourth-order valence-electron chi connectivity index (χ4n) is 2.07. The first-order valence-electron chi connectivity index (χ1n) is 7.51. The molecule has 0 saturated heterocycles. The second-order valence-corrected chi connectivity index (χ2v) is 5.00. The van der Waals surface area contributed by atoms with Crippen molar-refractivity contribution in [2.75, 3.05) is 11.9 Å². The van der Waals surface area contributed by atoms with Crippen molar-refractivity contribution in [3.05, 3.63) is 90.3 Å². The van der Waals surface area contributed by atoms with Crippen LogP contribution in [0.25, 0.3) is 0 Å². The van der Waals surface area contributed by atoms with E-state index >= 15 is 0 Å². The van der Waals surface area contributed by atoms with Crippen LogP contribution in [-0.2, 0) is 11.3 Å². The Morgan fingerprint density at radius 3 is 2.39 bits per heavy atom. The van der Waals surface area contributed by atoms with Crippen molar-refractivity contribution in [3.63, 3.8) is 0 Å². The van der Waals surface area contributed by atoms with Crippen molar-refractivity contribution >= 4 is 5.69 Å². The van der Waals surface area contributed by atoms with Gasteiger partial charge in [0.15, 0.2) is 0 Å². The number of allylic oxidation sites excluding steroid dienone is 3. The molecule has 0 spiro atoms. The molecular formula is C20H20N2O. The lowest BCUT2D eigenvalue weighted by Crippen LogP contribution is -2.14. The molecule has 0 aromatic heterocycles. The van der Waals surface area contributed by atoms with Crippen LogP contribution >= 0.6 is 0 Å². The lowest BCUT2D eigenvalue weighted by Gasteiger charge is -2.17. The zero-order valence-corrected chi connectivity index (χ0v) is 13.2. The number of rotatable bonds is 7. The first-order chi connectivity index (χ1) is 11.3. The van der Waals surface area contributed by atoms with Crippen molar-refractivity contribution in [3.8, 4) is 6.07 Å². The molecule has 0 aliphatic rings. The number of nitriles is 1. The number of benzene rings is 2.